The van der Waals surface area contributed by atoms with E-state index in [1.54, 1.807) is 6.33 Å². The molecule has 2 aromatic heterocycles. The molecule has 0 radical (unpaired) electrons. The summed E-state index contributed by atoms with van der Waals surface area (Å²) in [5, 5.41) is 4.94. The summed E-state index contributed by atoms with van der Waals surface area (Å²) < 4.78 is 0. The Hall–Kier alpha value is -1.69. The number of nitrogens with zero attached hydrogens (tertiary/aromatic N) is 4. The topological polar surface area (TPSA) is 63.6 Å². The van der Waals surface area contributed by atoms with E-state index in [-0.39, 0.29) is 0 Å². The molecule has 0 aromatic carbocycles. The molecule has 0 unspecified atom stereocenters. The summed E-state index contributed by atoms with van der Waals surface area (Å²) in [6.45, 7) is 11.1. The van der Waals surface area contributed by atoms with E-state index in [9.17, 15) is 0 Å². The van der Waals surface area contributed by atoms with Crippen LogP contribution in [0.2, 0.25) is 0 Å². The van der Waals surface area contributed by atoms with E-state index < -0.39 is 0 Å². The fourth-order valence-corrected chi connectivity index (χ4v) is 3.00. The van der Waals surface area contributed by atoms with Gasteiger partial charge in [-0.25, -0.2) is 19.9 Å². The van der Waals surface area contributed by atoms with Crippen LogP contribution < -0.4 is 5.32 Å². The van der Waals surface area contributed by atoms with E-state index in [1.165, 1.54) is 11.8 Å². The van der Waals surface area contributed by atoms with Gasteiger partial charge in [0.1, 0.15) is 17.2 Å². The van der Waals surface area contributed by atoms with Crippen molar-refractivity contribution in [2.24, 2.45) is 0 Å². The summed E-state index contributed by atoms with van der Waals surface area (Å²) in [6, 6.07) is 0. The highest BCUT2D eigenvalue weighted by Gasteiger charge is 2.13. The first kappa shape index (κ1) is 15.7. The molecule has 5 nitrogen and oxygen atoms in total. The maximum absolute atomic E-state index is 4.55. The van der Waals surface area contributed by atoms with Gasteiger partial charge in [0.15, 0.2) is 5.16 Å². The van der Waals surface area contributed by atoms with Crippen molar-refractivity contribution in [1.82, 2.24) is 19.9 Å². The van der Waals surface area contributed by atoms with Crippen molar-refractivity contribution in [1.29, 1.82) is 0 Å². The summed E-state index contributed by atoms with van der Waals surface area (Å²) in [4.78, 5) is 17.8. The molecule has 0 aliphatic heterocycles. The minimum Gasteiger partial charge on any atom is -0.370 e. The van der Waals surface area contributed by atoms with Crippen LogP contribution in [0.25, 0.3) is 0 Å². The molecule has 0 spiro atoms. The van der Waals surface area contributed by atoms with Crippen LogP contribution in [0, 0.1) is 20.8 Å². The average molecular weight is 303 g/mol. The lowest BCUT2D eigenvalue weighted by molar-refractivity contribution is 0.871. The molecule has 0 aliphatic rings. The molecule has 2 aromatic rings. The monoisotopic (exact) mass is 303 g/mol. The van der Waals surface area contributed by atoms with Gasteiger partial charge in [-0.1, -0.05) is 6.92 Å². The highest BCUT2D eigenvalue weighted by molar-refractivity contribution is 7.99. The van der Waals surface area contributed by atoms with E-state index >= 15 is 0 Å². The summed E-state index contributed by atoms with van der Waals surface area (Å²) in [6.07, 6.45) is 2.46. The Balaban J connectivity index is 2.37. The van der Waals surface area contributed by atoms with Gasteiger partial charge in [-0.05, 0) is 51.4 Å². The lowest BCUT2D eigenvalue weighted by atomic mass is 10.2. The first-order valence-electron chi connectivity index (χ1n) is 7.14. The molecule has 2 rings (SSSR count). The third-order valence-corrected chi connectivity index (χ3v) is 4.31. The first-order valence-corrected chi connectivity index (χ1v) is 7.95. The molecule has 21 heavy (non-hydrogen) atoms. The maximum atomic E-state index is 4.55. The highest BCUT2D eigenvalue weighted by atomic mass is 32.2. The minimum absolute atomic E-state index is 0.742. The maximum Gasteiger partial charge on any atom is 0.194 e. The molecule has 0 bridgehead atoms. The molecule has 112 valence electrons. The smallest absolute Gasteiger partial charge is 0.194 e. The molecule has 0 saturated heterocycles. The predicted octanol–water partition coefficient (Wildman–Crippen LogP) is 3.34. The number of hydrogen-bond acceptors (Lipinski definition) is 6. The second-order valence-corrected chi connectivity index (χ2v) is 5.75. The van der Waals surface area contributed by atoms with Gasteiger partial charge in [0.25, 0.3) is 0 Å². The van der Waals surface area contributed by atoms with Crippen LogP contribution in [-0.4, -0.2) is 26.5 Å². The molecular weight excluding hydrogens is 282 g/mol. The lowest BCUT2D eigenvalue weighted by Gasteiger charge is -2.12. The Labute approximate surface area is 130 Å². The average Bonchev–Trinajstić information content (AvgIpc) is 2.45. The molecule has 0 saturated carbocycles. The normalized spacial score (nSPS) is 10.7. The lowest BCUT2D eigenvalue weighted by Crippen LogP contribution is -2.06. The van der Waals surface area contributed by atoms with E-state index in [2.05, 4.69) is 39.1 Å². The van der Waals surface area contributed by atoms with Crippen LogP contribution in [0.1, 0.15) is 36.4 Å². The number of aryl methyl sites for hydroxylation is 2. The van der Waals surface area contributed by atoms with Crippen LogP contribution in [0.5, 0.6) is 0 Å². The fraction of sp³-hybridized carbons (Fsp3) is 0.467. The number of anilines is 1. The number of nitrogens with one attached hydrogen (secondary N) is 1. The Morgan fingerprint density at radius 2 is 1.71 bits per heavy atom. The Morgan fingerprint density at radius 3 is 2.29 bits per heavy atom. The first-order chi connectivity index (χ1) is 10.1. The Bertz CT molecular complexity index is 619. The quantitative estimate of drug-likeness (QED) is 0.675. The van der Waals surface area contributed by atoms with Crippen molar-refractivity contribution in [2.45, 2.75) is 51.2 Å². The molecular formula is C15H21N5S. The Kier molecular flexibility index (Phi) is 5.12. The molecule has 0 atom stereocenters. The van der Waals surface area contributed by atoms with Crippen molar-refractivity contribution >= 4 is 17.6 Å². The second kappa shape index (κ2) is 6.85. The largest absolute Gasteiger partial charge is 0.370 e. The van der Waals surface area contributed by atoms with Gasteiger partial charge in [0.2, 0.25) is 0 Å². The zero-order chi connectivity index (χ0) is 15.4. The van der Waals surface area contributed by atoms with Gasteiger partial charge < -0.3 is 5.32 Å². The van der Waals surface area contributed by atoms with Crippen molar-refractivity contribution in [3.8, 4) is 0 Å². The highest BCUT2D eigenvalue weighted by Crippen LogP contribution is 2.30. The van der Waals surface area contributed by atoms with Crippen LogP contribution in [0.3, 0.4) is 0 Å². The van der Waals surface area contributed by atoms with Crippen molar-refractivity contribution in [3.05, 3.63) is 28.8 Å². The standard InChI is InChI=1S/C15H21N5S/c1-6-12-13(16-7-2)17-8-18-14(12)21-15-19-10(4)9(3)11(5)20-15/h8H,6-7H2,1-5H3,(H,16,17,18). The summed E-state index contributed by atoms with van der Waals surface area (Å²) in [5.74, 6) is 0.901. The van der Waals surface area contributed by atoms with Crippen LogP contribution in [-0.2, 0) is 6.42 Å². The third-order valence-electron chi connectivity index (χ3n) is 3.40. The number of hydrogen-bond donors (Lipinski definition) is 1. The van der Waals surface area contributed by atoms with E-state index in [4.69, 9.17) is 0 Å². The fourth-order valence-electron chi connectivity index (χ4n) is 2.00. The number of rotatable bonds is 5. The Morgan fingerprint density at radius 1 is 1.05 bits per heavy atom. The van der Waals surface area contributed by atoms with Gasteiger partial charge in [-0.15, -0.1) is 0 Å². The predicted molar refractivity (Wildman–Crippen MR) is 85.9 cm³/mol. The molecule has 0 aliphatic carbocycles. The van der Waals surface area contributed by atoms with E-state index in [1.807, 2.05) is 20.8 Å². The SMILES string of the molecule is CCNc1ncnc(Sc2nc(C)c(C)c(C)n2)c1CC. The molecule has 0 amide bonds. The molecule has 1 N–H and O–H groups in total. The minimum atomic E-state index is 0.742. The summed E-state index contributed by atoms with van der Waals surface area (Å²) >= 11 is 1.50. The van der Waals surface area contributed by atoms with Crippen molar-refractivity contribution in [3.63, 3.8) is 0 Å². The third kappa shape index (κ3) is 3.50. The zero-order valence-electron chi connectivity index (χ0n) is 13.2. The summed E-state index contributed by atoms with van der Waals surface area (Å²) in [7, 11) is 0. The van der Waals surface area contributed by atoms with Gasteiger partial charge in [0.05, 0.1) is 0 Å². The second-order valence-electron chi connectivity index (χ2n) is 4.79. The molecule has 6 heteroatoms. The van der Waals surface area contributed by atoms with Crippen LogP contribution in [0.4, 0.5) is 5.82 Å². The number of aromatic nitrogens is 4. The van der Waals surface area contributed by atoms with Gasteiger partial charge >= 0.3 is 0 Å². The van der Waals surface area contributed by atoms with Gasteiger partial charge in [-0.2, -0.15) is 0 Å². The molecule has 2 heterocycles. The van der Waals surface area contributed by atoms with E-state index in [0.29, 0.717) is 0 Å². The van der Waals surface area contributed by atoms with Crippen molar-refractivity contribution in [2.75, 3.05) is 11.9 Å². The van der Waals surface area contributed by atoms with Gasteiger partial charge in [-0.3, -0.25) is 0 Å². The zero-order valence-corrected chi connectivity index (χ0v) is 14.0. The van der Waals surface area contributed by atoms with Crippen LogP contribution >= 0.6 is 11.8 Å². The van der Waals surface area contributed by atoms with Crippen molar-refractivity contribution < 1.29 is 0 Å². The van der Waals surface area contributed by atoms with Crippen LogP contribution in [0.15, 0.2) is 16.5 Å². The van der Waals surface area contributed by atoms with E-state index in [0.717, 1.165) is 51.5 Å². The van der Waals surface area contributed by atoms with Gasteiger partial charge in [0, 0.05) is 23.5 Å². The molecule has 0 fully saturated rings. The summed E-state index contributed by atoms with van der Waals surface area (Å²) in [5.41, 5.74) is 4.29.